The van der Waals surface area contributed by atoms with Crippen LogP contribution in [0, 0.1) is 5.82 Å². The van der Waals surface area contributed by atoms with Gasteiger partial charge in [0.25, 0.3) is 0 Å². The molecule has 0 saturated heterocycles. The minimum atomic E-state index is -0.349. The molecule has 0 atom stereocenters. The lowest BCUT2D eigenvalue weighted by atomic mass is 10.1. The smallest absolute Gasteiger partial charge is 0.168 e. The largest absolute Gasteiger partial charge is 0.294 e. The van der Waals surface area contributed by atoms with E-state index in [0.29, 0.717) is 11.3 Å². The second-order valence-electron chi connectivity index (χ2n) is 3.31. The molecule has 2 aromatic rings. The highest BCUT2D eigenvalue weighted by molar-refractivity contribution is 5.97. The molecule has 0 aliphatic rings. The van der Waals surface area contributed by atoms with E-state index in [1.165, 1.54) is 30.6 Å². The van der Waals surface area contributed by atoms with E-state index >= 15 is 0 Å². The Morgan fingerprint density at radius 1 is 1.19 bits per heavy atom. The summed E-state index contributed by atoms with van der Waals surface area (Å²) in [6.45, 7) is 0. The van der Waals surface area contributed by atoms with Crippen LogP contribution in [0.4, 0.5) is 4.39 Å². The molecule has 16 heavy (non-hydrogen) atoms. The number of hydrogen-bond acceptors (Lipinski definition) is 3. The van der Waals surface area contributed by atoms with Crippen LogP contribution in [-0.2, 0) is 6.42 Å². The van der Waals surface area contributed by atoms with Crippen molar-refractivity contribution in [1.29, 1.82) is 0 Å². The molecule has 0 radical (unpaired) electrons. The minimum Gasteiger partial charge on any atom is -0.294 e. The second kappa shape index (κ2) is 4.61. The SMILES string of the molecule is O=C(Cc1ccncn1)c1ccc(F)cc1. The maximum atomic E-state index is 12.6. The number of carbonyl (C=O) groups is 1. The first-order valence-corrected chi connectivity index (χ1v) is 4.79. The fourth-order valence-corrected chi connectivity index (χ4v) is 1.32. The molecule has 1 aromatic carbocycles. The number of benzene rings is 1. The van der Waals surface area contributed by atoms with Crippen LogP contribution in [0.5, 0.6) is 0 Å². The molecular weight excluding hydrogens is 207 g/mol. The number of carbonyl (C=O) groups excluding carboxylic acids is 1. The van der Waals surface area contributed by atoms with Crippen LogP contribution in [0.3, 0.4) is 0 Å². The van der Waals surface area contributed by atoms with Gasteiger partial charge in [0.15, 0.2) is 5.78 Å². The van der Waals surface area contributed by atoms with Crippen molar-refractivity contribution < 1.29 is 9.18 Å². The van der Waals surface area contributed by atoms with Gasteiger partial charge >= 0.3 is 0 Å². The van der Waals surface area contributed by atoms with E-state index in [2.05, 4.69) is 9.97 Å². The zero-order valence-electron chi connectivity index (χ0n) is 8.43. The van der Waals surface area contributed by atoms with Crippen molar-refractivity contribution in [2.24, 2.45) is 0 Å². The zero-order chi connectivity index (χ0) is 11.4. The molecule has 0 fully saturated rings. The molecule has 0 N–H and O–H groups in total. The van der Waals surface area contributed by atoms with Gasteiger partial charge in [-0.05, 0) is 30.3 Å². The van der Waals surface area contributed by atoms with Crippen LogP contribution in [0.25, 0.3) is 0 Å². The Kier molecular flexibility index (Phi) is 3.00. The number of ketones is 1. The summed E-state index contributed by atoms with van der Waals surface area (Å²) in [6.07, 6.45) is 3.18. The molecule has 1 heterocycles. The third-order valence-electron chi connectivity index (χ3n) is 2.15. The van der Waals surface area contributed by atoms with E-state index in [0.717, 1.165) is 0 Å². The number of nitrogens with zero attached hydrogens (tertiary/aromatic N) is 2. The molecule has 80 valence electrons. The average molecular weight is 216 g/mol. The summed E-state index contributed by atoms with van der Waals surface area (Å²) in [4.78, 5) is 19.5. The van der Waals surface area contributed by atoms with Crippen LogP contribution in [0.1, 0.15) is 16.1 Å². The topological polar surface area (TPSA) is 42.9 Å². The first-order valence-electron chi connectivity index (χ1n) is 4.79. The summed E-state index contributed by atoms with van der Waals surface area (Å²) >= 11 is 0. The van der Waals surface area contributed by atoms with Gasteiger partial charge in [-0.2, -0.15) is 0 Å². The molecule has 0 amide bonds. The molecular formula is C12H9FN2O. The molecule has 1 aromatic heterocycles. The maximum Gasteiger partial charge on any atom is 0.168 e. The van der Waals surface area contributed by atoms with Crippen LogP contribution in [0.2, 0.25) is 0 Å². The third kappa shape index (κ3) is 2.48. The Labute approximate surface area is 92.0 Å². The van der Waals surface area contributed by atoms with Gasteiger partial charge in [0.05, 0.1) is 12.1 Å². The molecule has 0 saturated carbocycles. The molecule has 3 nitrogen and oxygen atoms in total. The lowest BCUT2D eigenvalue weighted by molar-refractivity contribution is 0.0992. The first kappa shape index (κ1) is 10.4. The highest BCUT2D eigenvalue weighted by Gasteiger charge is 2.07. The predicted octanol–water partition coefficient (Wildman–Crippen LogP) is 2.04. The number of Topliss-reactive ketones (excluding diaryl/α,β-unsaturated/α-hetero) is 1. The summed E-state index contributed by atoms with van der Waals surface area (Å²) in [6, 6.07) is 7.17. The lowest BCUT2D eigenvalue weighted by Gasteiger charge is -2.00. The highest BCUT2D eigenvalue weighted by atomic mass is 19.1. The van der Waals surface area contributed by atoms with Crippen LogP contribution >= 0.6 is 0 Å². The van der Waals surface area contributed by atoms with Gasteiger partial charge in [0.2, 0.25) is 0 Å². The number of aromatic nitrogens is 2. The monoisotopic (exact) mass is 216 g/mol. The normalized spacial score (nSPS) is 10.1. The summed E-state index contributed by atoms with van der Waals surface area (Å²) < 4.78 is 12.6. The summed E-state index contributed by atoms with van der Waals surface area (Å²) in [5, 5.41) is 0. The van der Waals surface area contributed by atoms with E-state index in [-0.39, 0.29) is 18.0 Å². The standard InChI is InChI=1S/C12H9FN2O/c13-10-3-1-9(2-4-10)12(16)7-11-5-6-14-8-15-11/h1-6,8H,7H2. The van der Waals surface area contributed by atoms with Gasteiger partial charge in [-0.1, -0.05) is 0 Å². The molecule has 4 heteroatoms. The van der Waals surface area contributed by atoms with Crippen LogP contribution in [-0.4, -0.2) is 15.8 Å². The number of halogens is 1. The summed E-state index contributed by atoms with van der Waals surface area (Å²) in [7, 11) is 0. The summed E-state index contributed by atoms with van der Waals surface area (Å²) in [5.41, 5.74) is 1.14. The van der Waals surface area contributed by atoms with E-state index < -0.39 is 0 Å². The Bertz CT molecular complexity index is 482. The van der Waals surface area contributed by atoms with Crippen molar-refractivity contribution in [3.05, 3.63) is 59.9 Å². The Hall–Kier alpha value is -2.10. The van der Waals surface area contributed by atoms with Gasteiger partial charge < -0.3 is 0 Å². The van der Waals surface area contributed by atoms with Crippen molar-refractivity contribution in [3.8, 4) is 0 Å². The Morgan fingerprint density at radius 2 is 1.94 bits per heavy atom. The lowest BCUT2D eigenvalue weighted by Crippen LogP contribution is -2.05. The van der Waals surface area contributed by atoms with Crippen molar-refractivity contribution in [2.45, 2.75) is 6.42 Å². The molecule has 0 unspecified atom stereocenters. The highest BCUT2D eigenvalue weighted by Crippen LogP contribution is 2.06. The number of rotatable bonds is 3. The van der Waals surface area contributed by atoms with Gasteiger partial charge in [-0.25, -0.2) is 14.4 Å². The van der Waals surface area contributed by atoms with Crippen molar-refractivity contribution in [1.82, 2.24) is 9.97 Å². The predicted molar refractivity (Wildman–Crippen MR) is 56.5 cm³/mol. The minimum absolute atomic E-state index is 0.0845. The van der Waals surface area contributed by atoms with Gasteiger partial charge in [0.1, 0.15) is 12.1 Å². The van der Waals surface area contributed by atoms with Crippen LogP contribution in [0.15, 0.2) is 42.9 Å². The van der Waals surface area contributed by atoms with Crippen molar-refractivity contribution in [2.75, 3.05) is 0 Å². The maximum absolute atomic E-state index is 12.6. The van der Waals surface area contributed by atoms with E-state index in [9.17, 15) is 9.18 Å². The molecule has 0 bridgehead atoms. The quantitative estimate of drug-likeness (QED) is 0.737. The van der Waals surface area contributed by atoms with Crippen LogP contribution < -0.4 is 0 Å². The third-order valence-corrected chi connectivity index (χ3v) is 2.15. The van der Waals surface area contributed by atoms with Crippen molar-refractivity contribution >= 4 is 5.78 Å². The zero-order valence-corrected chi connectivity index (χ0v) is 8.43. The Balaban J connectivity index is 2.12. The van der Waals surface area contributed by atoms with E-state index in [1.807, 2.05) is 0 Å². The van der Waals surface area contributed by atoms with Gasteiger partial charge in [0, 0.05) is 11.8 Å². The molecule has 0 spiro atoms. The number of hydrogen-bond donors (Lipinski definition) is 0. The second-order valence-corrected chi connectivity index (χ2v) is 3.31. The fourth-order valence-electron chi connectivity index (χ4n) is 1.32. The fraction of sp³-hybridized carbons (Fsp3) is 0.0833. The molecule has 0 aliphatic carbocycles. The van der Waals surface area contributed by atoms with Crippen molar-refractivity contribution in [3.63, 3.8) is 0 Å². The van der Waals surface area contributed by atoms with Gasteiger partial charge in [-0.3, -0.25) is 4.79 Å². The first-order chi connectivity index (χ1) is 7.75. The Morgan fingerprint density at radius 3 is 2.56 bits per heavy atom. The average Bonchev–Trinajstić information content (AvgIpc) is 2.31. The summed E-state index contributed by atoms with van der Waals surface area (Å²) in [5.74, 6) is -0.433. The molecule has 2 rings (SSSR count). The molecule has 0 aliphatic heterocycles. The van der Waals surface area contributed by atoms with E-state index in [1.54, 1.807) is 12.3 Å². The van der Waals surface area contributed by atoms with E-state index in [4.69, 9.17) is 0 Å². The van der Waals surface area contributed by atoms with Gasteiger partial charge in [-0.15, -0.1) is 0 Å².